The van der Waals surface area contributed by atoms with Gasteiger partial charge in [0.15, 0.2) is 0 Å². The largest absolute Gasteiger partial charge is 0.497 e. The van der Waals surface area contributed by atoms with Crippen LogP contribution in [0.15, 0.2) is 72.8 Å². The molecule has 0 unspecified atom stereocenters. The molecule has 0 atom stereocenters. The monoisotopic (exact) mass is 390 g/mol. The van der Waals surface area contributed by atoms with Crippen molar-refractivity contribution in [2.24, 2.45) is 0 Å². The highest BCUT2D eigenvalue weighted by Gasteiger charge is 2.03. The fraction of sp³-hybridized carbons (Fsp3) is 0.269. The second-order valence-electron chi connectivity index (χ2n) is 6.67. The number of rotatable bonds is 8. The maximum absolute atomic E-state index is 10.9. The molecule has 152 valence electrons. The molecule has 0 saturated heterocycles. The summed E-state index contributed by atoms with van der Waals surface area (Å²) in [5, 5.41) is 8.94. The Bertz CT molecular complexity index is 863. The van der Waals surface area contributed by atoms with Gasteiger partial charge in [0, 0.05) is 0 Å². The van der Waals surface area contributed by atoms with Crippen LogP contribution in [-0.4, -0.2) is 18.2 Å². The molecule has 29 heavy (non-hydrogen) atoms. The molecule has 0 saturated carbocycles. The van der Waals surface area contributed by atoms with E-state index in [0.717, 1.165) is 37.0 Å². The van der Waals surface area contributed by atoms with Crippen LogP contribution in [0, 0.1) is 0 Å². The van der Waals surface area contributed by atoms with Gasteiger partial charge in [-0.2, -0.15) is 0 Å². The van der Waals surface area contributed by atoms with Gasteiger partial charge in [0.1, 0.15) is 5.75 Å². The third kappa shape index (κ3) is 7.11. The van der Waals surface area contributed by atoms with E-state index in [2.05, 4.69) is 36.4 Å². The number of hydrogen-bond donors (Lipinski definition) is 1. The molecule has 0 aromatic heterocycles. The van der Waals surface area contributed by atoms with E-state index >= 15 is 0 Å². The van der Waals surface area contributed by atoms with E-state index < -0.39 is 5.97 Å². The Morgan fingerprint density at radius 1 is 0.655 bits per heavy atom. The van der Waals surface area contributed by atoms with Crippen molar-refractivity contribution in [2.45, 2.75) is 39.5 Å². The molecular formula is C26H30O3. The first-order chi connectivity index (χ1) is 14.1. The van der Waals surface area contributed by atoms with Crippen molar-refractivity contribution in [2.75, 3.05) is 7.11 Å². The number of carbonyl (C=O) groups is 1. The molecule has 0 aliphatic heterocycles. The molecule has 0 fully saturated rings. The zero-order valence-corrected chi connectivity index (χ0v) is 17.5. The van der Waals surface area contributed by atoms with E-state index in [9.17, 15) is 4.79 Å². The topological polar surface area (TPSA) is 46.5 Å². The molecule has 3 rings (SSSR count). The molecule has 3 heteroatoms. The summed E-state index contributed by atoms with van der Waals surface area (Å²) in [5.41, 5.74) is 5.43. The summed E-state index contributed by atoms with van der Waals surface area (Å²) < 4.78 is 5.19. The van der Waals surface area contributed by atoms with E-state index in [4.69, 9.17) is 9.84 Å². The third-order valence-corrected chi connectivity index (χ3v) is 4.79. The van der Waals surface area contributed by atoms with Crippen LogP contribution in [0.2, 0.25) is 0 Å². The average molecular weight is 391 g/mol. The zero-order chi connectivity index (χ0) is 21.1. The maximum atomic E-state index is 10.9. The van der Waals surface area contributed by atoms with Crippen LogP contribution >= 0.6 is 0 Å². The number of methoxy groups -OCH3 is 1. The van der Waals surface area contributed by atoms with Crippen LogP contribution in [-0.2, 0) is 25.7 Å². The number of carboxylic acid groups (broad SMARTS) is 1. The molecule has 3 aromatic rings. The molecule has 0 aliphatic rings. The Hall–Kier alpha value is -3.07. The van der Waals surface area contributed by atoms with Crippen molar-refractivity contribution in [1.29, 1.82) is 0 Å². The third-order valence-electron chi connectivity index (χ3n) is 4.79. The van der Waals surface area contributed by atoms with Gasteiger partial charge in [-0.1, -0.05) is 62.4 Å². The average Bonchev–Trinajstić information content (AvgIpc) is 2.79. The van der Waals surface area contributed by atoms with Gasteiger partial charge >= 0.3 is 5.97 Å². The van der Waals surface area contributed by atoms with Gasteiger partial charge in [0.05, 0.1) is 12.7 Å². The minimum absolute atomic E-state index is 0.333. The number of aromatic carboxylic acids is 1. The Morgan fingerprint density at radius 2 is 0.966 bits per heavy atom. The van der Waals surface area contributed by atoms with Crippen molar-refractivity contribution in [3.05, 3.63) is 101 Å². The van der Waals surface area contributed by atoms with E-state index in [1.54, 1.807) is 19.2 Å². The molecule has 0 amide bonds. The normalized spacial score (nSPS) is 10.0. The maximum Gasteiger partial charge on any atom is 0.335 e. The lowest BCUT2D eigenvalue weighted by atomic mass is 10.00. The van der Waals surface area contributed by atoms with E-state index in [1.807, 2.05) is 38.1 Å². The lowest BCUT2D eigenvalue weighted by Crippen LogP contribution is -1.97. The second-order valence-corrected chi connectivity index (χ2v) is 6.67. The highest BCUT2D eigenvalue weighted by Crippen LogP contribution is 2.15. The second kappa shape index (κ2) is 11.7. The molecule has 0 heterocycles. The van der Waals surface area contributed by atoms with Gasteiger partial charge in [-0.3, -0.25) is 0 Å². The van der Waals surface area contributed by atoms with Crippen LogP contribution < -0.4 is 4.74 Å². The number of hydrogen-bond acceptors (Lipinski definition) is 2. The Labute approximate surface area is 174 Å². The van der Waals surface area contributed by atoms with Gasteiger partial charge in [0.25, 0.3) is 0 Å². The van der Waals surface area contributed by atoms with Crippen LogP contribution in [0.25, 0.3) is 0 Å². The Balaban J connectivity index is 0.00000145. The Kier molecular flexibility index (Phi) is 8.97. The van der Waals surface area contributed by atoms with Gasteiger partial charge in [-0.05, 0) is 72.2 Å². The van der Waals surface area contributed by atoms with Crippen molar-refractivity contribution in [1.82, 2.24) is 0 Å². The Morgan fingerprint density at radius 3 is 1.28 bits per heavy atom. The molecule has 3 aromatic carbocycles. The first-order valence-electron chi connectivity index (χ1n) is 10.2. The molecule has 0 bridgehead atoms. The molecule has 3 nitrogen and oxygen atoms in total. The summed E-state index contributed by atoms with van der Waals surface area (Å²) >= 11 is 0. The highest BCUT2D eigenvalue weighted by molar-refractivity contribution is 5.87. The van der Waals surface area contributed by atoms with Gasteiger partial charge in [-0.15, -0.1) is 0 Å². The lowest BCUT2D eigenvalue weighted by Gasteiger charge is -2.06. The summed E-state index contributed by atoms with van der Waals surface area (Å²) in [6, 6.07) is 24.1. The number of aryl methyl sites for hydroxylation is 4. The summed E-state index contributed by atoms with van der Waals surface area (Å²) in [6.07, 6.45) is 3.89. The summed E-state index contributed by atoms with van der Waals surface area (Å²) in [7, 11) is 1.68. The highest BCUT2D eigenvalue weighted by atomic mass is 16.5. The minimum atomic E-state index is -0.883. The van der Waals surface area contributed by atoms with E-state index in [1.165, 1.54) is 16.7 Å². The lowest BCUT2D eigenvalue weighted by molar-refractivity contribution is 0.0697. The zero-order valence-electron chi connectivity index (χ0n) is 17.5. The standard InChI is InChI=1S/C24H24O3.C2H6/c1-27-23-16-12-21(13-17-23)9-7-19-4-2-18(3-5-19)6-8-20-10-14-22(15-11-20)24(25)26;1-2/h2-5,10-17H,6-9H2,1H3,(H,25,26);1-2H3. The SMILES string of the molecule is CC.COc1ccc(CCc2ccc(CCc3ccc(C(=O)O)cc3)cc2)cc1. The van der Waals surface area contributed by atoms with Crippen LogP contribution in [0.5, 0.6) is 5.75 Å². The molecule has 0 radical (unpaired) electrons. The van der Waals surface area contributed by atoms with E-state index in [-0.39, 0.29) is 0 Å². The fourth-order valence-corrected chi connectivity index (χ4v) is 3.06. The first kappa shape index (κ1) is 22.2. The summed E-state index contributed by atoms with van der Waals surface area (Å²) in [5.74, 6) is 0.00693. The van der Waals surface area contributed by atoms with Crippen molar-refractivity contribution < 1.29 is 14.6 Å². The predicted molar refractivity (Wildman–Crippen MR) is 119 cm³/mol. The number of ether oxygens (including phenoxy) is 1. The number of carboxylic acids is 1. The number of benzene rings is 3. The van der Waals surface area contributed by atoms with Crippen molar-refractivity contribution in [3.8, 4) is 5.75 Å². The molecule has 0 spiro atoms. The smallest absolute Gasteiger partial charge is 0.335 e. The van der Waals surface area contributed by atoms with Crippen molar-refractivity contribution >= 4 is 5.97 Å². The van der Waals surface area contributed by atoms with Crippen LogP contribution in [0.4, 0.5) is 0 Å². The van der Waals surface area contributed by atoms with Crippen molar-refractivity contribution in [3.63, 3.8) is 0 Å². The first-order valence-corrected chi connectivity index (χ1v) is 10.2. The molecular weight excluding hydrogens is 360 g/mol. The van der Waals surface area contributed by atoms with Gasteiger partial charge < -0.3 is 9.84 Å². The molecule has 0 aliphatic carbocycles. The van der Waals surface area contributed by atoms with Crippen LogP contribution in [0.1, 0.15) is 46.5 Å². The fourth-order valence-electron chi connectivity index (χ4n) is 3.06. The minimum Gasteiger partial charge on any atom is -0.497 e. The summed E-state index contributed by atoms with van der Waals surface area (Å²) in [6.45, 7) is 4.00. The quantitative estimate of drug-likeness (QED) is 0.514. The van der Waals surface area contributed by atoms with Crippen LogP contribution in [0.3, 0.4) is 0 Å². The molecule has 1 N–H and O–H groups in total. The van der Waals surface area contributed by atoms with E-state index in [0.29, 0.717) is 5.56 Å². The summed E-state index contributed by atoms with van der Waals surface area (Å²) in [4.78, 5) is 10.9. The van der Waals surface area contributed by atoms with Gasteiger partial charge in [-0.25, -0.2) is 4.79 Å². The van der Waals surface area contributed by atoms with Gasteiger partial charge in [0.2, 0.25) is 0 Å². The predicted octanol–water partition coefficient (Wildman–Crippen LogP) is 5.99.